The van der Waals surface area contributed by atoms with Gasteiger partial charge in [-0.2, -0.15) is 0 Å². The molecular formula is C21H23NO6. The fourth-order valence-electron chi connectivity index (χ4n) is 2.84. The second-order valence-corrected chi connectivity index (χ2v) is 6.32. The van der Waals surface area contributed by atoms with E-state index < -0.39 is 6.10 Å². The molecule has 2 aromatic heterocycles. The average molecular weight is 385 g/mol. The van der Waals surface area contributed by atoms with E-state index in [1.165, 1.54) is 7.11 Å². The van der Waals surface area contributed by atoms with E-state index in [4.69, 9.17) is 18.3 Å². The van der Waals surface area contributed by atoms with Crippen LogP contribution in [0.25, 0.3) is 0 Å². The number of furan rings is 2. The Morgan fingerprint density at radius 3 is 2.29 bits per heavy atom. The molecule has 1 unspecified atom stereocenters. The van der Waals surface area contributed by atoms with Gasteiger partial charge in [-0.1, -0.05) is 0 Å². The van der Waals surface area contributed by atoms with Crippen molar-refractivity contribution in [2.75, 3.05) is 20.3 Å². The van der Waals surface area contributed by atoms with E-state index in [1.807, 2.05) is 29.2 Å². The Labute approximate surface area is 163 Å². The van der Waals surface area contributed by atoms with Crippen molar-refractivity contribution in [1.82, 2.24) is 4.90 Å². The van der Waals surface area contributed by atoms with Crippen LogP contribution < -0.4 is 9.47 Å². The van der Waals surface area contributed by atoms with Gasteiger partial charge in [-0.3, -0.25) is 9.69 Å². The standard InChI is InChI=1S/C21H23NO6/c1-25-21-10-16(14-23)6-7-20(21)28-15-17(24)11-22(12-18-4-2-8-26-18)13-19-5-3-9-27-19/h2-10,14,17,24H,11-13,15H2,1H3. The SMILES string of the molecule is COc1cc(C=O)ccc1OCC(O)CN(Cc1ccco1)Cc1ccco1. The molecule has 148 valence electrons. The molecule has 1 aromatic carbocycles. The Hall–Kier alpha value is -3.03. The van der Waals surface area contributed by atoms with E-state index >= 15 is 0 Å². The van der Waals surface area contributed by atoms with Crippen molar-refractivity contribution in [2.24, 2.45) is 0 Å². The van der Waals surface area contributed by atoms with E-state index in [0.717, 1.165) is 17.8 Å². The largest absolute Gasteiger partial charge is 0.493 e. The summed E-state index contributed by atoms with van der Waals surface area (Å²) in [6.45, 7) is 1.49. The summed E-state index contributed by atoms with van der Waals surface area (Å²) in [4.78, 5) is 12.9. The van der Waals surface area contributed by atoms with Gasteiger partial charge in [0, 0.05) is 12.1 Å². The predicted molar refractivity (Wildman–Crippen MR) is 101 cm³/mol. The first-order valence-corrected chi connectivity index (χ1v) is 8.89. The van der Waals surface area contributed by atoms with Crippen LogP contribution in [0.4, 0.5) is 0 Å². The number of rotatable bonds is 11. The molecule has 0 amide bonds. The number of hydrogen-bond donors (Lipinski definition) is 1. The molecule has 7 nitrogen and oxygen atoms in total. The summed E-state index contributed by atoms with van der Waals surface area (Å²) < 4.78 is 21.8. The van der Waals surface area contributed by atoms with E-state index in [9.17, 15) is 9.90 Å². The second-order valence-electron chi connectivity index (χ2n) is 6.32. The number of carbonyl (C=O) groups is 1. The van der Waals surface area contributed by atoms with Gasteiger partial charge in [0.1, 0.15) is 30.5 Å². The van der Waals surface area contributed by atoms with Crippen molar-refractivity contribution in [3.8, 4) is 11.5 Å². The van der Waals surface area contributed by atoms with Gasteiger partial charge in [0.2, 0.25) is 0 Å². The highest BCUT2D eigenvalue weighted by atomic mass is 16.5. The van der Waals surface area contributed by atoms with Crippen molar-refractivity contribution >= 4 is 6.29 Å². The Bertz CT molecular complexity index is 808. The number of carbonyl (C=O) groups excluding carboxylic acids is 1. The number of methoxy groups -OCH3 is 1. The molecule has 0 spiro atoms. The zero-order chi connectivity index (χ0) is 19.8. The molecule has 1 atom stereocenters. The van der Waals surface area contributed by atoms with Gasteiger partial charge < -0.3 is 23.4 Å². The van der Waals surface area contributed by atoms with Gasteiger partial charge in [-0.05, 0) is 42.5 Å². The fourth-order valence-corrected chi connectivity index (χ4v) is 2.84. The van der Waals surface area contributed by atoms with Gasteiger partial charge in [-0.15, -0.1) is 0 Å². The van der Waals surface area contributed by atoms with Crippen LogP contribution in [0.2, 0.25) is 0 Å². The third-order valence-corrected chi connectivity index (χ3v) is 4.14. The van der Waals surface area contributed by atoms with Crippen LogP contribution in [0, 0.1) is 0 Å². The van der Waals surface area contributed by atoms with Gasteiger partial charge in [0.15, 0.2) is 11.5 Å². The quantitative estimate of drug-likeness (QED) is 0.508. The number of aliphatic hydroxyl groups is 1. The molecule has 3 rings (SSSR count). The van der Waals surface area contributed by atoms with Crippen molar-refractivity contribution in [3.05, 3.63) is 72.1 Å². The molecule has 28 heavy (non-hydrogen) atoms. The van der Waals surface area contributed by atoms with Crippen LogP contribution in [0.5, 0.6) is 11.5 Å². The summed E-state index contributed by atoms with van der Waals surface area (Å²) in [6.07, 6.45) is 3.23. The fraction of sp³-hybridized carbons (Fsp3) is 0.286. The van der Waals surface area contributed by atoms with Crippen LogP contribution in [0.1, 0.15) is 21.9 Å². The minimum Gasteiger partial charge on any atom is -0.493 e. The molecule has 0 bridgehead atoms. The number of hydrogen-bond acceptors (Lipinski definition) is 7. The normalized spacial score (nSPS) is 12.1. The first-order valence-electron chi connectivity index (χ1n) is 8.89. The third kappa shape index (κ3) is 5.48. The molecule has 0 saturated heterocycles. The van der Waals surface area contributed by atoms with Crippen LogP contribution in [0.15, 0.2) is 63.8 Å². The lowest BCUT2D eigenvalue weighted by molar-refractivity contribution is 0.0571. The monoisotopic (exact) mass is 385 g/mol. The van der Waals surface area contributed by atoms with E-state index in [0.29, 0.717) is 36.7 Å². The van der Waals surface area contributed by atoms with Gasteiger partial charge in [0.25, 0.3) is 0 Å². The number of benzene rings is 1. The van der Waals surface area contributed by atoms with Gasteiger partial charge >= 0.3 is 0 Å². The molecule has 0 aliphatic heterocycles. The molecule has 0 aliphatic rings. The highest BCUT2D eigenvalue weighted by Gasteiger charge is 2.17. The minimum absolute atomic E-state index is 0.0730. The Morgan fingerprint density at radius 2 is 1.75 bits per heavy atom. The Balaban J connectivity index is 1.60. The van der Waals surface area contributed by atoms with E-state index in [-0.39, 0.29) is 6.61 Å². The summed E-state index contributed by atoms with van der Waals surface area (Å²) in [5.74, 6) is 2.51. The molecule has 3 aromatic rings. The molecule has 0 saturated carbocycles. The Kier molecular flexibility index (Phi) is 6.89. The first kappa shape index (κ1) is 19.7. The topological polar surface area (TPSA) is 85.3 Å². The minimum atomic E-state index is -0.750. The molecule has 0 aliphatic carbocycles. The lowest BCUT2D eigenvalue weighted by Crippen LogP contribution is -2.35. The molecule has 0 radical (unpaired) electrons. The van der Waals surface area contributed by atoms with Crippen LogP contribution in [-0.2, 0) is 13.1 Å². The van der Waals surface area contributed by atoms with Crippen molar-refractivity contribution in [3.63, 3.8) is 0 Å². The Morgan fingerprint density at radius 1 is 1.07 bits per heavy atom. The predicted octanol–water partition coefficient (Wildman–Crippen LogP) is 3.14. The van der Waals surface area contributed by atoms with Crippen LogP contribution >= 0.6 is 0 Å². The van der Waals surface area contributed by atoms with Crippen molar-refractivity contribution < 1.29 is 28.2 Å². The van der Waals surface area contributed by atoms with Crippen molar-refractivity contribution in [2.45, 2.75) is 19.2 Å². The summed E-state index contributed by atoms with van der Waals surface area (Å²) in [5.41, 5.74) is 0.493. The average Bonchev–Trinajstić information content (AvgIpc) is 3.40. The third-order valence-electron chi connectivity index (χ3n) is 4.14. The summed E-state index contributed by atoms with van der Waals surface area (Å²) >= 11 is 0. The molecule has 2 heterocycles. The molecule has 0 fully saturated rings. The zero-order valence-electron chi connectivity index (χ0n) is 15.6. The van der Waals surface area contributed by atoms with Crippen LogP contribution in [0.3, 0.4) is 0 Å². The molecule has 1 N–H and O–H groups in total. The number of ether oxygens (including phenoxy) is 2. The smallest absolute Gasteiger partial charge is 0.161 e. The maximum absolute atomic E-state index is 10.9. The van der Waals surface area contributed by atoms with Crippen molar-refractivity contribution in [1.29, 1.82) is 0 Å². The molecular weight excluding hydrogens is 362 g/mol. The maximum Gasteiger partial charge on any atom is 0.161 e. The molecule has 7 heteroatoms. The lowest BCUT2D eigenvalue weighted by Gasteiger charge is -2.23. The summed E-state index contributed by atoms with van der Waals surface area (Å²) in [6, 6.07) is 12.3. The highest BCUT2D eigenvalue weighted by Crippen LogP contribution is 2.27. The first-order chi connectivity index (χ1) is 13.7. The maximum atomic E-state index is 10.9. The highest BCUT2D eigenvalue weighted by molar-refractivity contribution is 5.76. The second kappa shape index (κ2) is 9.77. The summed E-state index contributed by atoms with van der Waals surface area (Å²) in [7, 11) is 1.50. The van der Waals surface area contributed by atoms with Gasteiger partial charge in [0.05, 0.1) is 32.7 Å². The van der Waals surface area contributed by atoms with Crippen LogP contribution in [-0.4, -0.2) is 42.7 Å². The summed E-state index contributed by atoms with van der Waals surface area (Å²) in [5, 5.41) is 10.5. The number of nitrogens with zero attached hydrogens (tertiary/aromatic N) is 1. The number of aliphatic hydroxyl groups excluding tert-OH is 1. The number of aldehydes is 1. The van der Waals surface area contributed by atoms with E-state index in [1.54, 1.807) is 30.7 Å². The zero-order valence-corrected chi connectivity index (χ0v) is 15.6. The lowest BCUT2D eigenvalue weighted by atomic mass is 10.2. The van der Waals surface area contributed by atoms with E-state index in [2.05, 4.69) is 0 Å². The van der Waals surface area contributed by atoms with Gasteiger partial charge in [-0.25, -0.2) is 0 Å².